The molecule has 2 heteroatoms. The molecule has 0 amide bonds. The summed E-state index contributed by atoms with van der Waals surface area (Å²) >= 11 is 0. The first-order chi connectivity index (χ1) is 19.6. The molecule has 2 atom stereocenters. The zero-order valence-electron chi connectivity index (χ0n) is 23.6. The second-order valence-electron chi connectivity index (χ2n) is 10.1. The molecule has 1 aromatic rings. The summed E-state index contributed by atoms with van der Waals surface area (Å²) < 4.78 is 0. The second kappa shape index (κ2) is 14.6. The molecule has 4 rings (SSSR count). The SMILES string of the molecule is C=C/C=C\C=C\N(C(=C)/C=C\C(=C)/C1=c2\cccc\c2=C(/C2=CC=CCC2)C(C)/C=C\C=C/C1)C1C=NC=CC1. The minimum absolute atomic E-state index is 0.108. The zero-order chi connectivity index (χ0) is 28.2. The number of nitrogens with zero attached hydrogens (tertiary/aromatic N) is 2. The maximum atomic E-state index is 4.54. The van der Waals surface area contributed by atoms with Crippen molar-refractivity contribution in [2.75, 3.05) is 0 Å². The molecule has 3 aliphatic rings. The molecule has 0 fully saturated rings. The molecule has 0 N–H and O–H groups in total. The molecule has 202 valence electrons. The molecule has 0 aromatic heterocycles. The van der Waals surface area contributed by atoms with E-state index in [0.29, 0.717) is 5.92 Å². The maximum Gasteiger partial charge on any atom is 0.0722 e. The molecule has 0 saturated heterocycles. The third-order valence-electron chi connectivity index (χ3n) is 7.31. The van der Waals surface area contributed by atoms with Crippen molar-refractivity contribution >= 4 is 17.4 Å². The summed E-state index contributed by atoms with van der Waals surface area (Å²) in [5.74, 6) is 0.299. The Morgan fingerprint density at radius 1 is 0.975 bits per heavy atom. The van der Waals surface area contributed by atoms with E-state index in [1.54, 1.807) is 6.08 Å². The number of hydrogen-bond acceptors (Lipinski definition) is 2. The fraction of sp³-hybridized carbons (Fsp3) is 0.184. The average molecular weight is 525 g/mol. The van der Waals surface area contributed by atoms with Gasteiger partial charge < -0.3 is 4.90 Å². The van der Waals surface area contributed by atoms with Gasteiger partial charge in [-0.2, -0.15) is 0 Å². The van der Waals surface area contributed by atoms with Crippen LogP contribution in [0.15, 0.2) is 163 Å². The predicted molar refractivity (Wildman–Crippen MR) is 175 cm³/mol. The van der Waals surface area contributed by atoms with Crippen LogP contribution in [0, 0.1) is 5.92 Å². The minimum atomic E-state index is 0.108. The van der Waals surface area contributed by atoms with Gasteiger partial charge in [0.2, 0.25) is 0 Å². The van der Waals surface area contributed by atoms with Crippen molar-refractivity contribution in [1.29, 1.82) is 0 Å². The first kappa shape index (κ1) is 28.6. The minimum Gasteiger partial charge on any atom is -0.340 e. The van der Waals surface area contributed by atoms with Gasteiger partial charge in [0.1, 0.15) is 0 Å². The highest BCUT2D eigenvalue weighted by Gasteiger charge is 2.17. The lowest BCUT2D eigenvalue weighted by molar-refractivity contribution is 0.431. The van der Waals surface area contributed by atoms with Crippen molar-refractivity contribution in [3.05, 3.63) is 169 Å². The smallest absolute Gasteiger partial charge is 0.0722 e. The molecule has 0 saturated carbocycles. The van der Waals surface area contributed by atoms with Crippen LogP contribution < -0.4 is 10.4 Å². The van der Waals surface area contributed by atoms with Crippen molar-refractivity contribution in [3.8, 4) is 0 Å². The van der Waals surface area contributed by atoms with Crippen LogP contribution in [0.5, 0.6) is 0 Å². The van der Waals surface area contributed by atoms with Gasteiger partial charge in [-0.15, -0.1) is 0 Å². The molecule has 0 radical (unpaired) electrons. The van der Waals surface area contributed by atoms with Crippen LogP contribution in [0.25, 0.3) is 11.1 Å². The Morgan fingerprint density at radius 2 is 1.82 bits per heavy atom. The highest BCUT2D eigenvalue weighted by molar-refractivity contribution is 5.74. The van der Waals surface area contributed by atoms with Crippen molar-refractivity contribution in [2.45, 2.75) is 38.6 Å². The third kappa shape index (κ3) is 7.36. The monoisotopic (exact) mass is 524 g/mol. The average Bonchev–Trinajstić information content (AvgIpc) is 2.99. The number of allylic oxidation sites excluding steroid dienone is 15. The van der Waals surface area contributed by atoms with Gasteiger partial charge in [0.05, 0.1) is 6.04 Å². The normalized spacial score (nSPS) is 25.1. The van der Waals surface area contributed by atoms with Gasteiger partial charge in [0, 0.05) is 30.2 Å². The number of rotatable bonds is 9. The highest BCUT2D eigenvalue weighted by Crippen LogP contribution is 2.28. The summed E-state index contributed by atoms with van der Waals surface area (Å²) in [6.07, 6.45) is 39.2. The number of hydrogen-bond donors (Lipinski definition) is 0. The third-order valence-corrected chi connectivity index (χ3v) is 7.31. The van der Waals surface area contributed by atoms with Crippen LogP contribution in [0.1, 0.15) is 32.6 Å². The molecule has 0 spiro atoms. The van der Waals surface area contributed by atoms with Gasteiger partial charge in [-0.3, -0.25) is 4.99 Å². The fourth-order valence-electron chi connectivity index (χ4n) is 5.27. The van der Waals surface area contributed by atoms with Crippen LogP contribution in [-0.2, 0) is 0 Å². The Kier molecular flexibility index (Phi) is 10.5. The van der Waals surface area contributed by atoms with Gasteiger partial charge in [0.25, 0.3) is 0 Å². The molecule has 2 unspecified atom stereocenters. The van der Waals surface area contributed by atoms with E-state index in [9.17, 15) is 0 Å². The van der Waals surface area contributed by atoms with Crippen LogP contribution in [-0.4, -0.2) is 17.2 Å². The lowest BCUT2D eigenvalue weighted by Crippen LogP contribution is -2.32. The van der Waals surface area contributed by atoms with Gasteiger partial charge >= 0.3 is 0 Å². The van der Waals surface area contributed by atoms with Crippen LogP contribution in [0.3, 0.4) is 0 Å². The van der Waals surface area contributed by atoms with E-state index < -0.39 is 0 Å². The van der Waals surface area contributed by atoms with Gasteiger partial charge in [0.15, 0.2) is 0 Å². The molecular weight excluding hydrogens is 484 g/mol. The summed E-state index contributed by atoms with van der Waals surface area (Å²) in [5.41, 5.74) is 5.91. The second-order valence-corrected chi connectivity index (χ2v) is 10.1. The summed E-state index contributed by atoms with van der Waals surface area (Å²) in [6, 6.07) is 8.91. The summed E-state index contributed by atoms with van der Waals surface area (Å²) in [5, 5.41) is 2.54. The topological polar surface area (TPSA) is 15.6 Å². The van der Waals surface area contributed by atoms with E-state index in [0.717, 1.165) is 37.0 Å². The highest BCUT2D eigenvalue weighted by atomic mass is 15.2. The van der Waals surface area contributed by atoms with Crippen LogP contribution in [0.2, 0.25) is 0 Å². The quantitative estimate of drug-likeness (QED) is 0.299. The Bertz CT molecular complexity index is 1510. The Balaban J connectivity index is 1.76. The van der Waals surface area contributed by atoms with E-state index in [1.807, 2.05) is 36.8 Å². The molecule has 0 bridgehead atoms. The lowest BCUT2D eigenvalue weighted by Gasteiger charge is -2.28. The predicted octanol–water partition coefficient (Wildman–Crippen LogP) is 7.96. The lowest BCUT2D eigenvalue weighted by atomic mass is 9.85. The van der Waals surface area contributed by atoms with Crippen LogP contribution >= 0.6 is 0 Å². The largest absolute Gasteiger partial charge is 0.340 e. The summed E-state index contributed by atoms with van der Waals surface area (Å²) in [7, 11) is 0. The molecule has 1 heterocycles. The van der Waals surface area contributed by atoms with E-state index in [2.05, 4.69) is 122 Å². The fourth-order valence-corrected chi connectivity index (χ4v) is 5.27. The van der Waals surface area contributed by atoms with E-state index >= 15 is 0 Å². The molecule has 2 nitrogen and oxygen atoms in total. The number of fused-ring (bicyclic) bond motifs is 1. The van der Waals surface area contributed by atoms with Crippen molar-refractivity contribution in [1.82, 2.24) is 4.90 Å². The van der Waals surface area contributed by atoms with Gasteiger partial charge in [-0.25, -0.2) is 0 Å². The summed E-state index contributed by atoms with van der Waals surface area (Å²) in [6.45, 7) is 15.0. The van der Waals surface area contributed by atoms with E-state index in [1.165, 1.54) is 27.2 Å². The first-order valence-electron chi connectivity index (χ1n) is 14.1. The molecule has 1 aromatic carbocycles. The molecule has 1 aliphatic heterocycles. The van der Waals surface area contributed by atoms with E-state index in [4.69, 9.17) is 0 Å². The van der Waals surface area contributed by atoms with E-state index in [-0.39, 0.29) is 6.04 Å². The number of benzene rings is 1. The zero-order valence-corrected chi connectivity index (χ0v) is 23.6. The van der Waals surface area contributed by atoms with Gasteiger partial charge in [-0.1, -0.05) is 124 Å². The molecule has 40 heavy (non-hydrogen) atoms. The Hall–Kier alpha value is -4.43. The molecule has 2 aliphatic carbocycles. The molecular formula is C38H40N2. The standard InChI is InChI=1S/C38H40N2/c1-5-6-7-16-28-40(34-21-17-27-39-29-34)32(4)26-25-30(2)35-22-13-8-10-18-31(3)38(33-19-11-9-12-20-33)37-24-15-14-23-36(35)37/h5-11,13-19,23-29,31,34H,1-2,4,12,20-22H2,3H3/b7-6-,13-8-,18-10-,26-25-,28-16+,36-35+,38-37+. The van der Waals surface area contributed by atoms with Crippen molar-refractivity contribution < 1.29 is 0 Å². The van der Waals surface area contributed by atoms with Crippen molar-refractivity contribution in [3.63, 3.8) is 0 Å². The van der Waals surface area contributed by atoms with Crippen LogP contribution in [0.4, 0.5) is 0 Å². The Labute approximate surface area is 240 Å². The summed E-state index contributed by atoms with van der Waals surface area (Å²) in [4.78, 5) is 6.51. The van der Waals surface area contributed by atoms with Gasteiger partial charge in [-0.05, 0) is 70.6 Å². The Morgan fingerprint density at radius 3 is 2.58 bits per heavy atom. The maximum absolute atomic E-state index is 4.54. The van der Waals surface area contributed by atoms with Crippen molar-refractivity contribution in [2.24, 2.45) is 10.9 Å². The number of aliphatic imine (C=N–C) groups is 1. The first-order valence-corrected chi connectivity index (χ1v) is 14.1.